The molecule has 1 aliphatic heterocycles. The van der Waals surface area contributed by atoms with Crippen LogP contribution in [-0.4, -0.2) is 56.5 Å². The molecule has 3 aromatic rings. The number of anilines is 1. The number of nitrogens with zero attached hydrogens (tertiary/aromatic N) is 1. The number of carbonyl (C=O) groups is 2. The van der Waals surface area contributed by atoms with E-state index in [1.54, 1.807) is 36.4 Å². The first-order valence-corrected chi connectivity index (χ1v) is 12.7. The summed E-state index contributed by atoms with van der Waals surface area (Å²) in [5, 5.41) is 13.7. The van der Waals surface area contributed by atoms with Crippen LogP contribution in [-0.2, 0) is 10.0 Å². The van der Waals surface area contributed by atoms with Crippen molar-refractivity contribution in [2.45, 2.75) is 24.2 Å². The number of hydrogen-bond acceptors (Lipinski definition) is 5. The molecule has 0 unspecified atom stereocenters. The highest BCUT2D eigenvalue weighted by atomic mass is 32.2. The Morgan fingerprint density at radius 1 is 0.912 bits per heavy atom. The van der Waals surface area contributed by atoms with Crippen molar-refractivity contribution in [3.05, 3.63) is 71.8 Å². The number of sulfonamides is 1. The van der Waals surface area contributed by atoms with E-state index in [9.17, 15) is 23.1 Å². The van der Waals surface area contributed by atoms with Crippen LogP contribution < -0.4 is 10.0 Å². The average molecular weight is 482 g/mol. The third-order valence-corrected chi connectivity index (χ3v) is 7.39. The number of carboxylic acid groups (broad SMARTS) is 1. The highest BCUT2D eigenvalue weighted by molar-refractivity contribution is 7.92. The van der Waals surface area contributed by atoms with Gasteiger partial charge in [-0.2, -0.15) is 0 Å². The predicted molar refractivity (Wildman–Crippen MR) is 131 cm³/mol. The largest absolute Gasteiger partial charge is 0.478 e. The lowest BCUT2D eigenvalue weighted by molar-refractivity contribution is 0.0700. The van der Waals surface area contributed by atoms with Crippen molar-refractivity contribution >= 4 is 38.4 Å². The van der Waals surface area contributed by atoms with Gasteiger partial charge >= 0.3 is 5.97 Å². The van der Waals surface area contributed by atoms with E-state index in [0.717, 1.165) is 25.9 Å². The molecule has 1 heterocycles. The maximum Gasteiger partial charge on any atom is 0.338 e. The molecule has 0 radical (unpaired) electrons. The van der Waals surface area contributed by atoms with E-state index in [1.807, 2.05) is 0 Å². The number of piperidine rings is 1. The number of likely N-dealkylation sites (tertiary alicyclic amines) is 1. The fraction of sp³-hybridized carbons (Fsp3) is 0.280. The summed E-state index contributed by atoms with van der Waals surface area (Å²) in [5.74, 6) is -1.74. The number of rotatable bonds is 8. The topological polar surface area (TPSA) is 116 Å². The minimum atomic E-state index is -4.24. The Hall–Kier alpha value is -3.43. The smallest absolute Gasteiger partial charge is 0.338 e. The molecule has 0 aromatic heterocycles. The van der Waals surface area contributed by atoms with Gasteiger partial charge in [0.1, 0.15) is 4.90 Å². The lowest BCUT2D eigenvalue weighted by Crippen LogP contribution is -2.38. The van der Waals surface area contributed by atoms with E-state index < -0.39 is 21.9 Å². The van der Waals surface area contributed by atoms with Gasteiger partial charge in [-0.15, -0.1) is 0 Å². The van der Waals surface area contributed by atoms with E-state index in [2.05, 4.69) is 14.9 Å². The van der Waals surface area contributed by atoms with Gasteiger partial charge in [-0.05, 0) is 54.9 Å². The van der Waals surface area contributed by atoms with Gasteiger partial charge in [0.05, 0.1) is 16.8 Å². The molecule has 1 aliphatic rings. The van der Waals surface area contributed by atoms with Crippen LogP contribution in [0.2, 0.25) is 0 Å². The van der Waals surface area contributed by atoms with Crippen molar-refractivity contribution < 1.29 is 23.1 Å². The van der Waals surface area contributed by atoms with Crippen molar-refractivity contribution in [2.24, 2.45) is 0 Å². The summed E-state index contributed by atoms with van der Waals surface area (Å²) < 4.78 is 28.9. The number of carbonyl (C=O) groups excluding carboxylic acids is 1. The minimum absolute atomic E-state index is 0.00584. The Balaban J connectivity index is 1.57. The Kier molecular flexibility index (Phi) is 7.14. The highest BCUT2D eigenvalue weighted by Gasteiger charge is 2.25. The third-order valence-electron chi connectivity index (χ3n) is 5.97. The number of benzene rings is 3. The summed E-state index contributed by atoms with van der Waals surface area (Å²) in [7, 11) is -4.24. The maximum absolute atomic E-state index is 13.3. The van der Waals surface area contributed by atoms with Crippen LogP contribution in [0.15, 0.2) is 65.6 Å². The Morgan fingerprint density at radius 3 is 2.38 bits per heavy atom. The van der Waals surface area contributed by atoms with Crippen LogP contribution in [0.5, 0.6) is 0 Å². The summed E-state index contributed by atoms with van der Waals surface area (Å²) in [6.45, 7) is 3.12. The lowest BCUT2D eigenvalue weighted by Gasteiger charge is -2.26. The van der Waals surface area contributed by atoms with E-state index in [-0.39, 0.29) is 21.7 Å². The molecule has 8 nitrogen and oxygen atoms in total. The first-order chi connectivity index (χ1) is 16.4. The zero-order chi connectivity index (χ0) is 24.1. The molecule has 3 aromatic carbocycles. The van der Waals surface area contributed by atoms with Crippen LogP contribution in [0.4, 0.5) is 5.69 Å². The molecular formula is C25H27N3O5S. The van der Waals surface area contributed by atoms with Gasteiger partial charge < -0.3 is 15.3 Å². The standard InChI is InChI=1S/C25H27N3O5S/c29-24(26-14-17-28-15-6-1-7-16-28)20-10-4-5-11-22(20)34(32,33)27-21-13-12-18-8-2-3-9-19(18)23(21)25(30)31/h2-5,8-13,27H,1,6-7,14-17H2,(H,26,29)(H,30,31). The highest BCUT2D eigenvalue weighted by Crippen LogP contribution is 2.29. The average Bonchev–Trinajstić information content (AvgIpc) is 2.84. The molecule has 0 aliphatic carbocycles. The number of aromatic carboxylic acids is 1. The molecular weight excluding hydrogens is 454 g/mol. The number of amides is 1. The zero-order valence-electron chi connectivity index (χ0n) is 18.7. The van der Waals surface area contributed by atoms with Crippen molar-refractivity contribution in [3.63, 3.8) is 0 Å². The molecule has 9 heteroatoms. The quantitative estimate of drug-likeness (QED) is 0.453. The Labute approximate surface area is 198 Å². The number of carboxylic acids is 1. The van der Waals surface area contributed by atoms with E-state index >= 15 is 0 Å². The van der Waals surface area contributed by atoms with Crippen LogP contribution in [0.25, 0.3) is 10.8 Å². The minimum Gasteiger partial charge on any atom is -0.478 e. The van der Waals surface area contributed by atoms with Gasteiger partial charge in [-0.25, -0.2) is 13.2 Å². The van der Waals surface area contributed by atoms with Crippen molar-refractivity contribution in [2.75, 3.05) is 30.9 Å². The van der Waals surface area contributed by atoms with Crippen LogP contribution >= 0.6 is 0 Å². The molecule has 1 saturated heterocycles. The molecule has 4 rings (SSSR count). The molecule has 3 N–H and O–H groups in total. The maximum atomic E-state index is 13.3. The fourth-order valence-corrected chi connectivity index (χ4v) is 5.56. The van der Waals surface area contributed by atoms with E-state index in [4.69, 9.17) is 0 Å². The second-order valence-electron chi connectivity index (χ2n) is 8.27. The Morgan fingerprint density at radius 2 is 1.62 bits per heavy atom. The molecule has 0 atom stereocenters. The second-order valence-corrected chi connectivity index (χ2v) is 9.93. The number of fused-ring (bicyclic) bond motifs is 1. The van der Waals surface area contributed by atoms with Gasteiger partial charge in [0.25, 0.3) is 15.9 Å². The molecule has 1 amide bonds. The van der Waals surface area contributed by atoms with Gasteiger partial charge in [0, 0.05) is 13.1 Å². The molecule has 34 heavy (non-hydrogen) atoms. The van der Waals surface area contributed by atoms with Gasteiger partial charge in [0.15, 0.2) is 0 Å². The lowest BCUT2D eigenvalue weighted by atomic mass is 10.0. The second kappa shape index (κ2) is 10.2. The summed E-state index contributed by atoms with van der Waals surface area (Å²) in [6, 6.07) is 15.8. The first kappa shape index (κ1) is 23.7. The SMILES string of the molecule is O=C(NCCN1CCCCC1)c1ccccc1S(=O)(=O)Nc1ccc2ccccc2c1C(=O)O. The molecule has 178 valence electrons. The van der Waals surface area contributed by atoms with Crippen molar-refractivity contribution in [1.29, 1.82) is 0 Å². The Bertz CT molecular complexity index is 1320. The van der Waals surface area contributed by atoms with E-state index in [0.29, 0.717) is 23.9 Å². The number of nitrogens with one attached hydrogen (secondary N) is 2. The normalized spacial score (nSPS) is 14.6. The first-order valence-electron chi connectivity index (χ1n) is 11.2. The molecule has 0 bridgehead atoms. The monoisotopic (exact) mass is 481 g/mol. The van der Waals surface area contributed by atoms with E-state index in [1.165, 1.54) is 30.7 Å². The summed E-state index contributed by atoms with van der Waals surface area (Å²) in [4.78, 5) is 26.9. The molecule has 0 saturated carbocycles. The summed E-state index contributed by atoms with van der Waals surface area (Å²) in [6.07, 6.45) is 3.52. The van der Waals surface area contributed by atoms with Gasteiger partial charge in [-0.3, -0.25) is 9.52 Å². The molecule has 1 fully saturated rings. The van der Waals surface area contributed by atoms with Crippen LogP contribution in [0.1, 0.15) is 40.0 Å². The van der Waals surface area contributed by atoms with Crippen LogP contribution in [0.3, 0.4) is 0 Å². The van der Waals surface area contributed by atoms with Crippen LogP contribution in [0, 0.1) is 0 Å². The predicted octanol–water partition coefficient (Wildman–Crippen LogP) is 3.55. The third kappa shape index (κ3) is 5.21. The van der Waals surface area contributed by atoms with Gasteiger partial charge in [-0.1, -0.05) is 48.9 Å². The van der Waals surface area contributed by atoms with Gasteiger partial charge in [0.2, 0.25) is 0 Å². The summed E-state index contributed by atoms with van der Waals surface area (Å²) in [5.41, 5.74) is -0.206. The molecule has 0 spiro atoms. The van der Waals surface area contributed by atoms with Crippen molar-refractivity contribution in [3.8, 4) is 0 Å². The zero-order valence-corrected chi connectivity index (χ0v) is 19.5. The van der Waals surface area contributed by atoms with Crippen molar-refractivity contribution in [1.82, 2.24) is 10.2 Å². The number of hydrogen-bond donors (Lipinski definition) is 3. The summed E-state index contributed by atoms with van der Waals surface area (Å²) >= 11 is 0. The fourth-order valence-electron chi connectivity index (χ4n) is 4.28.